The summed E-state index contributed by atoms with van der Waals surface area (Å²) in [6.45, 7) is -0.00210. The summed E-state index contributed by atoms with van der Waals surface area (Å²) in [6, 6.07) is 12.0. The Hall–Kier alpha value is -1.43. The van der Waals surface area contributed by atoms with Crippen LogP contribution in [0, 0.1) is 5.82 Å². The zero-order valence-electron chi connectivity index (χ0n) is 10.6. The van der Waals surface area contributed by atoms with Crippen LogP contribution in [-0.2, 0) is 9.84 Å². The van der Waals surface area contributed by atoms with Gasteiger partial charge in [-0.1, -0.05) is 35.9 Å². The third kappa shape index (κ3) is 2.70. The van der Waals surface area contributed by atoms with Gasteiger partial charge >= 0.3 is 0 Å². The van der Waals surface area contributed by atoms with Gasteiger partial charge in [0.15, 0.2) is 9.84 Å². The Morgan fingerprint density at radius 2 is 1.75 bits per heavy atom. The molecule has 0 aromatic heterocycles. The van der Waals surface area contributed by atoms with Crippen LogP contribution in [0.5, 0.6) is 0 Å². The molecular weight excluding hydrogens is 301 g/mol. The minimum Gasteiger partial charge on any atom is -0.356 e. The first-order valence-electron chi connectivity index (χ1n) is 6.00. The van der Waals surface area contributed by atoms with Crippen LogP contribution in [0.25, 0.3) is 0 Å². The van der Waals surface area contributed by atoms with Gasteiger partial charge in [0.2, 0.25) is 0 Å². The second-order valence-corrected chi connectivity index (χ2v) is 6.81. The van der Waals surface area contributed by atoms with Gasteiger partial charge in [0.05, 0.1) is 11.4 Å². The third-order valence-corrected chi connectivity index (χ3v) is 5.51. The SMILES string of the molecule is [NH3+]C[C@H](c1c(F)cccc1Cl)S(=O)(=O)c1ccccc1. The number of rotatable bonds is 4. The monoisotopic (exact) mass is 314 g/mol. The van der Waals surface area contributed by atoms with Crippen LogP contribution >= 0.6 is 11.6 Å². The molecule has 3 N–H and O–H groups in total. The average molecular weight is 315 g/mol. The number of hydrogen-bond acceptors (Lipinski definition) is 2. The third-order valence-electron chi connectivity index (χ3n) is 3.03. The van der Waals surface area contributed by atoms with Crippen LogP contribution in [0.1, 0.15) is 10.8 Å². The van der Waals surface area contributed by atoms with Crippen molar-refractivity contribution in [1.82, 2.24) is 0 Å². The van der Waals surface area contributed by atoms with E-state index in [-0.39, 0.29) is 22.0 Å². The van der Waals surface area contributed by atoms with E-state index in [0.717, 1.165) is 0 Å². The topological polar surface area (TPSA) is 61.8 Å². The van der Waals surface area contributed by atoms with E-state index in [1.165, 1.54) is 30.3 Å². The second kappa shape index (κ2) is 5.91. The van der Waals surface area contributed by atoms with Crippen molar-refractivity contribution in [3.8, 4) is 0 Å². The van der Waals surface area contributed by atoms with Gasteiger partial charge in [-0.2, -0.15) is 0 Å². The summed E-state index contributed by atoms with van der Waals surface area (Å²) in [5.41, 5.74) is 3.61. The highest BCUT2D eigenvalue weighted by Gasteiger charge is 2.33. The molecule has 2 aromatic rings. The lowest BCUT2D eigenvalue weighted by atomic mass is 10.1. The van der Waals surface area contributed by atoms with Crippen LogP contribution in [-0.4, -0.2) is 15.0 Å². The molecule has 0 fully saturated rings. The van der Waals surface area contributed by atoms with Gasteiger partial charge in [0, 0.05) is 10.6 Å². The van der Waals surface area contributed by atoms with Crippen LogP contribution in [0.4, 0.5) is 4.39 Å². The van der Waals surface area contributed by atoms with Crippen molar-refractivity contribution in [1.29, 1.82) is 0 Å². The van der Waals surface area contributed by atoms with Crippen LogP contribution in [0.15, 0.2) is 53.4 Å². The maximum Gasteiger partial charge on any atom is 0.191 e. The minimum absolute atomic E-state index is 0.00210. The van der Waals surface area contributed by atoms with Crippen molar-refractivity contribution in [2.45, 2.75) is 10.1 Å². The minimum atomic E-state index is -3.74. The summed E-state index contributed by atoms with van der Waals surface area (Å²) >= 11 is 5.96. The second-order valence-electron chi connectivity index (χ2n) is 4.27. The molecule has 6 heteroatoms. The number of benzene rings is 2. The van der Waals surface area contributed by atoms with Gasteiger partial charge in [-0.15, -0.1) is 0 Å². The summed E-state index contributed by atoms with van der Waals surface area (Å²) in [6.07, 6.45) is 0. The molecule has 0 saturated carbocycles. The van der Waals surface area contributed by atoms with Gasteiger partial charge in [-0.3, -0.25) is 0 Å². The predicted octanol–water partition coefficient (Wildman–Crippen LogP) is 2.24. The Morgan fingerprint density at radius 3 is 2.30 bits per heavy atom. The summed E-state index contributed by atoms with van der Waals surface area (Å²) in [4.78, 5) is 0.132. The molecule has 0 saturated heterocycles. The van der Waals surface area contributed by atoms with Gasteiger partial charge in [0.25, 0.3) is 0 Å². The first-order valence-corrected chi connectivity index (χ1v) is 7.93. The van der Waals surface area contributed by atoms with Gasteiger partial charge in [0.1, 0.15) is 11.1 Å². The average Bonchev–Trinajstić information content (AvgIpc) is 2.43. The first-order chi connectivity index (χ1) is 9.48. The highest BCUT2D eigenvalue weighted by molar-refractivity contribution is 7.91. The van der Waals surface area contributed by atoms with E-state index in [1.807, 2.05) is 0 Å². The van der Waals surface area contributed by atoms with Gasteiger partial charge in [-0.05, 0) is 24.3 Å². The highest BCUT2D eigenvalue weighted by atomic mass is 35.5. The normalized spacial score (nSPS) is 13.2. The largest absolute Gasteiger partial charge is 0.356 e. The molecule has 0 heterocycles. The van der Waals surface area contributed by atoms with Crippen LogP contribution < -0.4 is 5.73 Å². The number of quaternary nitrogens is 1. The molecule has 0 aliphatic heterocycles. The van der Waals surface area contributed by atoms with Crippen molar-refractivity contribution in [3.63, 3.8) is 0 Å². The lowest BCUT2D eigenvalue weighted by molar-refractivity contribution is -0.367. The Labute approximate surface area is 122 Å². The van der Waals surface area contributed by atoms with Crippen molar-refractivity contribution in [2.75, 3.05) is 6.54 Å². The maximum absolute atomic E-state index is 14.0. The fraction of sp³-hybridized carbons (Fsp3) is 0.143. The maximum atomic E-state index is 14.0. The molecule has 1 atom stereocenters. The molecule has 0 unspecified atom stereocenters. The van der Waals surface area contributed by atoms with E-state index in [9.17, 15) is 12.8 Å². The van der Waals surface area contributed by atoms with Crippen molar-refractivity contribution >= 4 is 21.4 Å². The molecule has 0 bridgehead atoms. The summed E-state index contributed by atoms with van der Waals surface area (Å²) in [5, 5.41) is -1.00. The predicted molar refractivity (Wildman–Crippen MR) is 75.5 cm³/mol. The lowest BCUT2D eigenvalue weighted by Crippen LogP contribution is -2.54. The molecule has 0 aliphatic rings. The Balaban J connectivity index is 2.59. The first kappa shape index (κ1) is 15.0. The number of halogens is 2. The quantitative estimate of drug-likeness (QED) is 0.940. The molecule has 0 radical (unpaired) electrons. The van der Waals surface area contributed by atoms with Crippen molar-refractivity contribution < 1.29 is 18.5 Å². The van der Waals surface area contributed by atoms with E-state index < -0.39 is 20.9 Å². The standard InChI is InChI=1S/C14H13ClFNO2S/c15-11-7-4-8-12(16)14(11)13(9-17)20(18,19)10-5-2-1-3-6-10/h1-8,13H,9,17H2/p+1/t13-/m1/s1. The Kier molecular flexibility index (Phi) is 4.42. The molecule has 2 rings (SSSR count). The van der Waals surface area contributed by atoms with E-state index in [1.54, 1.807) is 18.2 Å². The fourth-order valence-corrected chi connectivity index (χ4v) is 4.13. The van der Waals surface area contributed by atoms with Crippen LogP contribution in [0.3, 0.4) is 0 Å². The van der Waals surface area contributed by atoms with Crippen molar-refractivity contribution in [2.24, 2.45) is 0 Å². The smallest absolute Gasteiger partial charge is 0.191 e. The van der Waals surface area contributed by atoms with E-state index >= 15 is 0 Å². The number of sulfone groups is 1. The van der Waals surface area contributed by atoms with Gasteiger partial charge < -0.3 is 5.73 Å². The van der Waals surface area contributed by atoms with Gasteiger partial charge in [-0.25, -0.2) is 12.8 Å². The molecule has 106 valence electrons. The summed E-state index contributed by atoms with van der Waals surface area (Å²) in [7, 11) is -3.74. The molecule has 0 amide bonds. The molecular formula is C14H14ClFNO2S+. The Bertz CT molecular complexity index is 684. The molecule has 0 aliphatic carbocycles. The highest BCUT2D eigenvalue weighted by Crippen LogP contribution is 2.33. The summed E-state index contributed by atoms with van der Waals surface area (Å²) in [5.74, 6) is -0.634. The Morgan fingerprint density at radius 1 is 1.10 bits per heavy atom. The molecule has 3 nitrogen and oxygen atoms in total. The lowest BCUT2D eigenvalue weighted by Gasteiger charge is -2.16. The fourth-order valence-electron chi connectivity index (χ4n) is 2.05. The summed E-state index contributed by atoms with van der Waals surface area (Å²) < 4.78 is 39.2. The molecule has 2 aromatic carbocycles. The molecule has 20 heavy (non-hydrogen) atoms. The van der Waals surface area contributed by atoms with Crippen LogP contribution in [0.2, 0.25) is 5.02 Å². The zero-order valence-corrected chi connectivity index (χ0v) is 12.2. The van der Waals surface area contributed by atoms with E-state index in [0.29, 0.717) is 0 Å². The van der Waals surface area contributed by atoms with E-state index in [4.69, 9.17) is 11.6 Å². The zero-order chi connectivity index (χ0) is 14.8. The molecule has 0 spiro atoms. The van der Waals surface area contributed by atoms with Crippen molar-refractivity contribution in [3.05, 3.63) is 64.9 Å². The number of hydrogen-bond donors (Lipinski definition) is 1. The van der Waals surface area contributed by atoms with E-state index in [2.05, 4.69) is 5.73 Å².